The van der Waals surface area contributed by atoms with Crippen molar-refractivity contribution >= 4 is 28.6 Å². The SMILES string of the molecule is Nc1nc(Nc2ccccc2O)c2ncn(C3CCCO3)c2n1. The Morgan fingerprint density at radius 3 is 2.96 bits per heavy atom. The summed E-state index contributed by atoms with van der Waals surface area (Å²) in [4.78, 5) is 12.9. The minimum Gasteiger partial charge on any atom is -0.506 e. The predicted molar refractivity (Wildman–Crippen MR) is 85.3 cm³/mol. The number of nitrogens with two attached hydrogens (primary N) is 1. The lowest BCUT2D eigenvalue weighted by molar-refractivity contribution is 0.0593. The van der Waals surface area contributed by atoms with E-state index in [1.807, 2.05) is 10.6 Å². The summed E-state index contributed by atoms with van der Waals surface area (Å²) in [5.41, 5.74) is 7.56. The number of fused-ring (bicyclic) bond motifs is 1. The van der Waals surface area contributed by atoms with E-state index < -0.39 is 0 Å². The van der Waals surface area contributed by atoms with Crippen molar-refractivity contribution in [2.45, 2.75) is 19.1 Å². The quantitative estimate of drug-likeness (QED) is 0.635. The first-order valence-corrected chi connectivity index (χ1v) is 7.39. The number of aromatic hydroxyl groups is 1. The van der Waals surface area contributed by atoms with Crippen molar-refractivity contribution in [1.82, 2.24) is 19.5 Å². The van der Waals surface area contributed by atoms with E-state index in [0.717, 1.165) is 19.4 Å². The third-order valence-corrected chi connectivity index (χ3v) is 3.81. The van der Waals surface area contributed by atoms with Crippen molar-refractivity contribution < 1.29 is 9.84 Å². The lowest BCUT2D eigenvalue weighted by atomic mass is 10.3. The van der Waals surface area contributed by atoms with Crippen LogP contribution in [0.3, 0.4) is 0 Å². The number of hydrogen-bond donors (Lipinski definition) is 3. The van der Waals surface area contributed by atoms with E-state index in [1.165, 1.54) is 0 Å². The molecule has 1 atom stereocenters. The number of ether oxygens (including phenoxy) is 1. The van der Waals surface area contributed by atoms with Gasteiger partial charge in [0.1, 0.15) is 12.0 Å². The van der Waals surface area contributed by atoms with Gasteiger partial charge < -0.3 is 20.9 Å². The molecule has 0 radical (unpaired) electrons. The number of phenols is 1. The maximum Gasteiger partial charge on any atom is 0.224 e. The molecule has 0 aliphatic carbocycles. The zero-order valence-corrected chi connectivity index (χ0v) is 12.3. The highest BCUT2D eigenvalue weighted by Gasteiger charge is 2.22. The predicted octanol–water partition coefficient (Wildman–Crippen LogP) is 2.17. The smallest absolute Gasteiger partial charge is 0.224 e. The molecule has 0 bridgehead atoms. The number of nitrogens with zero attached hydrogens (tertiary/aromatic N) is 4. The van der Waals surface area contributed by atoms with E-state index in [4.69, 9.17) is 10.5 Å². The van der Waals surface area contributed by atoms with E-state index in [2.05, 4.69) is 20.3 Å². The normalized spacial score (nSPS) is 17.7. The molecule has 1 saturated heterocycles. The number of nitrogens with one attached hydrogen (secondary N) is 1. The van der Waals surface area contributed by atoms with Crippen molar-refractivity contribution in [1.29, 1.82) is 0 Å². The molecule has 3 aromatic rings. The summed E-state index contributed by atoms with van der Waals surface area (Å²) < 4.78 is 7.56. The number of anilines is 3. The van der Waals surface area contributed by atoms with Crippen LogP contribution in [-0.4, -0.2) is 31.2 Å². The molecule has 118 valence electrons. The topological polar surface area (TPSA) is 111 Å². The highest BCUT2D eigenvalue weighted by atomic mass is 16.5. The first kappa shape index (κ1) is 13.8. The van der Waals surface area contributed by atoms with Gasteiger partial charge >= 0.3 is 0 Å². The van der Waals surface area contributed by atoms with Crippen molar-refractivity contribution in [2.75, 3.05) is 17.7 Å². The monoisotopic (exact) mass is 312 g/mol. The number of hydrogen-bond acceptors (Lipinski definition) is 7. The van der Waals surface area contributed by atoms with E-state index in [0.29, 0.717) is 22.7 Å². The van der Waals surface area contributed by atoms with Gasteiger partial charge in [-0.15, -0.1) is 0 Å². The molecule has 8 heteroatoms. The summed E-state index contributed by atoms with van der Waals surface area (Å²) in [5.74, 6) is 0.706. The van der Waals surface area contributed by atoms with Gasteiger partial charge in [-0.1, -0.05) is 12.1 Å². The van der Waals surface area contributed by atoms with Crippen molar-refractivity contribution in [3.8, 4) is 5.75 Å². The molecule has 1 fully saturated rings. The van der Waals surface area contributed by atoms with Gasteiger partial charge in [-0.25, -0.2) is 4.98 Å². The first-order valence-electron chi connectivity index (χ1n) is 7.39. The molecular weight excluding hydrogens is 296 g/mol. The fourth-order valence-corrected chi connectivity index (χ4v) is 2.72. The van der Waals surface area contributed by atoms with Crippen molar-refractivity contribution in [3.05, 3.63) is 30.6 Å². The summed E-state index contributed by atoms with van der Waals surface area (Å²) in [6, 6.07) is 6.90. The fraction of sp³-hybridized carbons (Fsp3) is 0.267. The van der Waals surface area contributed by atoms with Crippen molar-refractivity contribution in [3.63, 3.8) is 0 Å². The molecule has 4 N–H and O–H groups in total. The molecule has 0 amide bonds. The molecular formula is C15H16N6O2. The maximum atomic E-state index is 9.91. The van der Waals surface area contributed by atoms with E-state index in [9.17, 15) is 5.11 Å². The Bertz CT molecular complexity index is 856. The number of para-hydroxylation sites is 2. The van der Waals surface area contributed by atoms with Gasteiger partial charge in [-0.3, -0.25) is 4.57 Å². The van der Waals surface area contributed by atoms with Gasteiger partial charge in [-0.2, -0.15) is 9.97 Å². The Kier molecular flexibility index (Phi) is 3.23. The van der Waals surface area contributed by atoms with Crippen LogP contribution in [-0.2, 0) is 4.74 Å². The van der Waals surface area contributed by atoms with Crippen molar-refractivity contribution in [2.24, 2.45) is 0 Å². The first-order chi connectivity index (χ1) is 11.2. The van der Waals surface area contributed by atoms with Crippen LogP contribution in [0.4, 0.5) is 17.5 Å². The molecule has 4 rings (SSSR count). The van der Waals surface area contributed by atoms with Crippen LogP contribution in [0.2, 0.25) is 0 Å². The molecule has 0 spiro atoms. The summed E-state index contributed by atoms with van der Waals surface area (Å²) in [6.07, 6.45) is 3.53. The van der Waals surface area contributed by atoms with Crippen LogP contribution in [0, 0.1) is 0 Å². The Labute approximate surface area is 131 Å². The van der Waals surface area contributed by atoms with E-state index >= 15 is 0 Å². The van der Waals surface area contributed by atoms with E-state index in [-0.39, 0.29) is 17.9 Å². The zero-order chi connectivity index (χ0) is 15.8. The molecule has 2 aromatic heterocycles. The minimum absolute atomic E-state index is 0.0766. The number of imidazole rings is 1. The minimum atomic E-state index is -0.0766. The van der Waals surface area contributed by atoms with Gasteiger partial charge in [0.25, 0.3) is 0 Å². The summed E-state index contributed by atoms with van der Waals surface area (Å²) >= 11 is 0. The fourth-order valence-electron chi connectivity index (χ4n) is 2.72. The molecule has 1 aliphatic heterocycles. The maximum absolute atomic E-state index is 9.91. The van der Waals surface area contributed by atoms with Gasteiger partial charge in [0.05, 0.1) is 12.0 Å². The lowest BCUT2D eigenvalue weighted by Crippen LogP contribution is -2.08. The summed E-state index contributed by atoms with van der Waals surface area (Å²) in [5, 5.41) is 13.0. The zero-order valence-electron chi connectivity index (χ0n) is 12.3. The molecule has 8 nitrogen and oxygen atoms in total. The number of nitrogen functional groups attached to an aromatic ring is 1. The van der Waals surface area contributed by atoms with Crippen LogP contribution < -0.4 is 11.1 Å². The lowest BCUT2D eigenvalue weighted by Gasteiger charge is -2.12. The second kappa shape index (κ2) is 5.40. The Balaban J connectivity index is 1.79. The van der Waals surface area contributed by atoms with Crippen LogP contribution in [0.5, 0.6) is 5.75 Å². The molecule has 23 heavy (non-hydrogen) atoms. The third kappa shape index (κ3) is 2.42. The van der Waals surface area contributed by atoms with Crippen LogP contribution >= 0.6 is 0 Å². The molecule has 1 aromatic carbocycles. The molecule has 3 heterocycles. The average molecular weight is 312 g/mol. The highest BCUT2D eigenvalue weighted by molar-refractivity contribution is 5.87. The van der Waals surface area contributed by atoms with Crippen LogP contribution in [0.15, 0.2) is 30.6 Å². The number of phenolic OH excluding ortho intramolecular Hbond substituents is 1. The molecule has 1 unspecified atom stereocenters. The summed E-state index contributed by atoms with van der Waals surface area (Å²) in [7, 11) is 0. The second-order valence-electron chi connectivity index (χ2n) is 5.36. The molecule has 1 aliphatic rings. The van der Waals surface area contributed by atoms with Crippen LogP contribution in [0.25, 0.3) is 11.2 Å². The summed E-state index contributed by atoms with van der Waals surface area (Å²) in [6.45, 7) is 0.730. The van der Waals surface area contributed by atoms with E-state index in [1.54, 1.807) is 24.5 Å². The second-order valence-corrected chi connectivity index (χ2v) is 5.36. The largest absolute Gasteiger partial charge is 0.506 e. The Hall–Kier alpha value is -2.87. The number of benzene rings is 1. The number of aromatic nitrogens is 4. The Morgan fingerprint density at radius 1 is 1.30 bits per heavy atom. The van der Waals surface area contributed by atoms with Crippen LogP contribution in [0.1, 0.15) is 19.1 Å². The Morgan fingerprint density at radius 2 is 2.17 bits per heavy atom. The number of rotatable bonds is 3. The highest BCUT2D eigenvalue weighted by Crippen LogP contribution is 2.31. The third-order valence-electron chi connectivity index (χ3n) is 3.81. The van der Waals surface area contributed by atoms with Gasteiger partial charge in [0.15, 0.2) is 17.0 Å². The average Bonchev–Trinajstić information content (AvgIpc) is 3.18. The van der Waals surface area contributed by atoms with Gasteiger partial charge in [0.2, 0.25) is 5.95 Å². The van der Waals surface area contributed by atoms with Gasteiger partial charge in [-0.05, 0) is 25.0 Å². The standard InChI is InChI=1S/C15H16N6O2/c16-15-19-13(18-9-4-1-2-5-10(9)22)12-14(20-15)21(8-17-12)11-6-3-7-23-11/h1-2,4-5,8,11,22H,3,6-7H2,(H3,16,18,19,20). The molecule has 0 saturated carbocycles. The van der Waals surface area contributed by atoms with Gasteiger partial charge in [0, 0.05) is 6.61 Å².